The summed E-state index contributed by atoms with van der Waals surface area (Å²) < 4.78 is 0. The van der Waals surface area contributed by atoms with Crippen LogP contribution in [0.2, 0.25) is 0 Å². The molecule has 1 aliphatic heterocycles. The SMILES string of the molecule is Cl.O=C(O)[C@H]1C[C@@H](O)CCN1. The molecule has 0 aliphatic carbocycles. The second kappa shape index (κ2) is 4.54. The van der Waals surface area contributed by atoms with E-state index in [1.54, 1.807) is 0 Å². The van der Waals surface area contributed by atoms with Crippen LogP contribution in [-0.4, -0.2) is 34.9 Å². The van der Waals surface area contributed by atoms with Gasteiger partial charge in [-0.05, 0) is 19.4 Å². The fraction of sp³-hybridized carbons (Fsp3) is 0.833. The van der Waals surface area contributed by atoms with Crippen molar-refractivity contribution in [3.63, 3.8) is 0 Å². The number of hydrogen-bond donors (Lipinski definition) is 3. The van der Waals surface area contributed by atoms with Crippen LogP contribution in [0.3, 0.4) is 0 Å². The number of aliphatic hydroxyl groups excluding tert-OH is 1. The summed E-state index contributed by atoms with van der Waals surface area (Å²) >= 11 is 0. The smallest absolute Gasteiger partial charge is 0.320 e. The van der Waals surface area contributed by atoms with Gasteiger partial charge in [0, 0.05) is 0 Å². The number of rotatable bonds is 1. The van der Waals surface area contributed by atoms with Crippen LogP contribution in [0.5, 0.6) is 0 Å². The average Bonchev–Trinajstić information content (AvgIpc) is 1.88. The average molecular weight is 182 g/mol. The van der Waals surface area contributed by atoms with Crippen LogP contribution in [0, 0.1) is 0 Å². The van der Waals surface area contributed by atoms with E-state index in [1.807, 2.05) is 0 Å². The van der Waals surface area contributed by atoms with Crippen LogP contribution in [0.1, 0.15) is 12.8 Å². The Hall–Kier alpha value is -0.320. The lowest BCUT2D eigenvalue weighted by atomic mass is 10.0. The van der Waals surface area contributed by atoms with E-state index in [9.17, 15) is 4.79 Å². The van der Waals surface area contributed by atoms with Crippen molar-refractivity contribution in [2.75, 3.05) is 6.54 Å². The zero-order valence-corrected chi connectivity index (χ0v) is 6.80. The molecule has 1 saturated heterocycles. The minimum atomic E-state index is -0.876. The number of carboxylic acids is 1. The van der Waals surface area contributed by atoms with Gasteiger partial charge in [0.05, 0.1) is 6.10 Å². The van der Waals surface area contributed by atoms with Gasteiger partial charge < -0.3 is 15.5 Å². The molecule has 0 bridgehead atoms. The molecule has 1 heterocycles. The summed E-state index contributed by atoms with van der Waals surface area (Å²) in [5.41, 5.74) is 0. The third-order valence-electron chi connectivity index (χ3n) is 1.67. The molecule has 0 radical (unpaired) electrons. The zero-order chi connectivity index (χ0) is 7.56. The summed E-state index contributed by atoms with van der Waals surface area (Å²) in [7, 11) is 0. The molecule has 0 unspecified atom stereocenters. The molecule has 11 heavy (non-hydrogen) atoms. The molecule has 0 saturated carbocycles. The Kier molecular flexibility index (Phi) is 4.40. The Morgan fingerprint density at radius 1 is 1.55 bits per heavy atom. The molecule has 0 aromatic rings. The van der Waals surface area contributed by atoms with E-state index in [-0.39, 0.29) is 12.4 Å². The number of nitrogens with one attached hydrogen (secondary N) is 1. The molecule has 0 spiro atoms. The van der Waals surface area contributed by atoms with Gasteiger partial charge in [0.1, 0.15) is 6.04 Å². The standard InChI is InChI=1S/C6H11NO3.ClH/c8-4-1-2-7-5(3-4)6(9)10;/h4-5,7-8H,1-3H2,(H,9,10);1H/t4-,5+;/m0./s1. The predicted octanol–water partition coefficient (Wildman–Crippen LogP) is -0.394. The molecule has 1 rings (SSSR count). The molecule has 66 valence electrons. The third kappa shape index (κ3) is 3.05. The van der Waals surface area contributed by atoms with Crippen molar-refractivity contribution in [3.05, 3.63) is 0 Å². The van der Waals surface area contributed by atoms with Gasteiger partial charge in [0.25, 0.3) is 0 Å². The highest BCUT2D eigenvalue weighted by Gasteiger charge is 2.24. The van der Waals surface area contributed by atoms with Crippen molar-refractivity contribution >= 4 is 18.4 Å². The van der Waals surface area contributed by atoms with Gasteiger partial charge in [0.2, 0.25) is 0 Å². The summed E-state index contributed by atoms with van der Waals surface area (Å²) in [4.78, 5) is 10.3. The van der Waals surface area contributed by atoms with E-state index in [2.05, 4.69) is 5.32 Å². The second-order valence-corrected chi connectivity index (χ2v) is 2.52. The van der Waals surface area contributed by atoms with Gasteiger partial charge in [0.15, 0.2) is 0 Å². The van der Waals surface area contributed by atoms with E-state index in [1.165, 1.54) is 0 Å². The topological polar surface area (TPSA) is 69.6 Å². The maximum atomic E-state index is 10.3. The van der Waals surface area contributed by atoms with Crippen molar-refractivity contribution in [3.8, 4) is 0 Å². The van der Waals surface area contributed by atoms with Crippen LogP contribution >= 0.6 is 12.4 Å². The molecule has 4 nitrogen and oxygen atoms in total. The van der Waals surface area contributed by atoms with Crippen LogP contribution in [0.4, 0.5) is 0 Å². The summed E-state index contributed by atoms with van der Waals surface area (Å²) in [6.07, 6.45) is 0.543. The molecule has 5 heteroatoms. The van der Waals surface area contributed by atoms with Gasteiger partial charge >= 0.3 is 5.97 Å². The lowest BCUT2D eigenvalue weighted by Crippen LogP contribution is -2.45. The first-order valence-electron chi connectivity index (χ1n) is 3.34. The van der Waals surface area contributed by atoms with Crippen LogP contribution in [-0.2, 0) is 4.79 Å². The fourth-order valence-corrected chi connectivity index (χ4v) is 1.09. The first-order chi connectivity index (χ1) is 4.70. The van der Waals surface area contributed by atoms with E-state index < -0.39 is 18.1 Å². The molecular formula is C6H12ClNO3. The number of piperidine rings is 1. The second-order valence-electron chi connectivity index (χ2n) is 2.52. The minimum Gasteiger partial charge on any atom is -0.480 e. The van der Waals surface area contributed by atoms with Gasteiger partial charge in [-0.15, -0.1) is 12.4 Å². The highest BCUT2D eigenvalue weighted by atomic mass is 35.5. The number of carboxylic acid groups (broad SMARTS) is 1. The lowest BCUT2D eigenvalue weighted by molar-refractivity contribution is -0.141. The maximum Gasteiger partial charge on any atom is 0.320 e. The van der Waals surface area contributed by atoms with E-state index >= 15 is 0 Å². The Morgan fingerprint density at radius 2 is 2.18 bits per heavy atom. The minimum absolute atomic E-state index is 0. The Morgan fingerprint density at radius 3 is 2.55 bits per heavy atom. The largest absolute Gasteiger partial charge is 0.480 e. The third-order valence-corrected chi connectivity index (χ3v) is 1.67. The lowest BCUT2D eigenvalue weighted by Gasteiger charge is -2.23. The number of aliphatic carboxylic acids is 1. The van der Waals surface area contributed by atoms with Crippen molar-refractivity contribution in [2.24, 2.45) is 0 Å². The maximum absolute atomic E-state index is 10.3. The number of halogens is 1. The first kappa shape index (κ1) is 10.7. The highest BCUT2D eigenvalue weighted by Crippen LogP contribution is 2.07. The molecule has 1 fully saturated rings. The molecule has 2 atom stereocenters. The molecule has 0 aromatic heterocycles. The normalized spacial score (nSPS) is 30.6. The van der Waals surface area contributed by atoms with Crippen LogP contribution < -0.4 is 5.32 Å². The number of aliphatic hydroxyl groups is 1. The predicted molar refractivity (Wildman–Crippen MR) is 41.9 cm³/mol. The summed E-state index contributed by atoms with van der Waals surface area (Å²) in [6.45, 7) is 0.595. The molecule has 0 aromatic carbocycles. The van der Waals surface area contributed by atoms with E-state index in [0.29, 0.717) is 19.4 Å². The molecular weight excluding hydrogens is 170 g/mol. The van der Waals surface area contributed by atoms with E-state index in [4.69, 9.17) is 10.2 Å². The molecule has 3 N–H and O–H groups in total. The number of hydrogen-bond acceptors (Lipinski definition) is 3. The molecule has 1 aliphatic rings. The van der Waals surface area contributed by atoms with Crippen LogP contribution in [0.15, 0.2) is 0 Å². The quantitative estimate of drug-likeness (QED) is 0.515. The van der Waals surface area contributed by atoms with Crippen molar-refractivity contribution < 1.29 is 15.0 Å². The zero-order valence-electron chi connectivity index (χ0n) is 5.99. The molecule has 0 amide bonds. The van der Waals surface area contributed by atoms with Gasteiger partial charge in [-0.25, -0.2) is 0 Å². The fourth-order valence-electron chi connectivity index (χ4n) is 1.09. The first-order valence-corrected chi connectivity index (χ1v) is 3.34. The summed E-state index contributed by atoms with van der Waals surface area (Å²) in [5, 5.41) is 20.3. The highest BCUT2D eigenvalue weighted by molar-refractivity contribution is 5.85. The summed E-state index contributed by atoms with van der Waals surface area (Å²) in [5.74, 6) is -0.876. The Labute approximate surface area is 71.0 Å². The van der Waals surface area contributed by atoms with Gasteiger partial charge in [-0.1, -0.05) is 0 Å². The van der Waals surface area contributed by atoms with Crippen LogP contribution in [0.25, 0.3) is 0 Å². The van der Waals surface area contributed by atoms with Crippen molar-refractivity contribution in [1.29, 1.82) is 0 Å². The van der Waals surface area contributed by atoms with E-state index in [0.717, 1.165) is 0 Å². The van der Waals surface area contributed by atoms with Gasteiger partial charge in [-0.2, -0.15) is 0 Å². The monoisotopic (exact) mass is 181 g/mol. The Balaban J connectivity index is 0.000001000. The number of carbonyl (C=O) groups is 1. The van der Waals surface area contributed by atoms with Crippen molar-refractivity contribution in [2.45, 2.75) is 25.0 Å². The Bertz CT molecular complexity index is 142. The van der Waals surface area contributed by atoms with Gasteiger partial charge in [-0.3, -0.25) is 4.79 Å². The van der Waals surface area contributed by atoms with Crippen molar-refractivity contribution in [1.82, 2.24) is 5.32 Å². The summed E-state index contributed by atoms with van der Waals surface area (Å²) in [6, 6.07) is -0.552.